The highest BCUT2D eigenvalue weighted by atomic mass is 15.1. The molecule has 3 heteroatoms. The van der Waals surface area contributed by atoms with Crippen LogP contribution in [0, 0.1) is 5.92 Å². The van der Waals surface area contributed by atoms with Gasteiger partial charge in [-0.2, -0.15) is 0 Å². The highest BCUT2D eigenvalue weighted by molar-refractivity contribution is 5.75. The first-order chi connectivity index (χ1) is 9.63. The van der Waals surface area contributed by atoms with Crippen molar-refractivity contribution in [1.82, 2.24) is 9.55 Å². The molecule has 0 spiro atoms. The van der Waals surface area contributed by atoms with Gasteiger partial charge in [-0.15, -0.1) is 0 Å². The number of imidazole rings is 1. The second-order valence-electron chi connectivity index (χ2n) is 5.97. The molecule has 1 unspecified atom stereocenters. The van der Waals surface area contributed by atoms with E-state index in [1.54, 1.807) is 0 Å². The van der Waals surface area contributed by atoms with Gasteiger partial charge in [-0.3, -0.25) is 0 Å². The molecular formula is C17H27N3. The molecule has 1 atom stereocenters. The zero-order chi connectivity index (χ0) is 14.5. The molecule has 0 saturated heterocycles. The fourth-order valence-corrected chi connectivity index (χ4v) is 2.62. The van der Waals surface area contributed by atoms with Gasteiger partial charge in [-0.05, 0) is 37.3 Å². The van der Waals surface area contributed by atoms with Gasteiger partial charge in [-0.1, -0.05) is 32.9 Å². The molecule has 0 aliphatic rings. The summed E-state index contributed by atoms with van der Waals surface area (Å²) in [5.41, 5.74) is 8.50. The molecule has 0 amide bonds. The van der Waals surface area contributed by atoms with Gasteiger partial charge in [0.15, 0.2) is 0 Å². The van der Waals surface area contributed by atoms with Gasteiger partial charge in [0.2, 0.25) is 0 Å². The van der Waals surface area contributed by atoms with E-state index in [0.29, 0.717) is 12.0 Å². The Kier molecular flexibility index (Phi) is 5.18. The van der Waals surface area contributed by atoms with Crippen molar-refractivity contribution < 1.29 is 0 Å². The van der Waals surface area contributed by atoms with Crippen LogP contribution in [0.1, 0.15) is 45.9 Å². The predicted octanol–water partition coefficient (Wildman–Crippen LogP) is 3.75. The van der Waals surface area contributed by atoms with E-state index in [9.17, 15) is 0 Å². The summed E-state index contributed by atoms with van der Waals surface area (Å²) in [7, 11) is 0. The Bertz CT molecular complexity index is 542. The van der Waals surface area contributed by atoms with E-state index >= 15 is 0 Å². The van der Waals surface area contributed by atoms with E-state index in [4.69, 9.17) is 10.7 Å². The van der Waals surface area contributed by atoms with Gasteiger partial charge in [-0.25, -0.2) is 4.98 Å². The number of aromatic nitrogens is 2. The van der Waals surface area contributed by atoms with Gasteiger partial charge < -0.3 is 10.3 Å². The number of nitrogens with two attached hydrogens (primary N) is 1. The monoisotopic (exact) mass is 273 g/mol. The van der Waals surface area contributed by atoms with E-state index in [2.05, 4.69) is 49.6 Å². The van der Waals surface area contributed by atoms with Crippen molar-refractivity contribution >= 4 is 11.0 Å². The fourth-order valence-electron chi connectivity index (χ4n) is 2.62. The predicted molar refractivity (Wildman–Crippen MR) is 85.8 cm³/mol. The molecule has 2 N–H and O–H groups in total. The molecule has 0 bridgehead atoms. The number of para-hydroxylation sites is 2. The fraction of sp³-hybridized carbons (Fsp3) is 0.588. The maximum Gasteiger partial charge on any atom is 0.109 e. The molecule has 0 fully saturated rings. The lowest BCUT2D eigenvalue weighted by Crippen LogP contribution is -2.26. The van der Waals surface area contributed by atoms with Crippen molar-refractivity contribution in [3.05, 3.63) is 30.1 Å². The summed E-state index contributed by atoms with van der Waals surface area (Å²) in [4.78, 5) is 4.80. The Labute approximate surface area is 122 Å². The van der Waals surface area contributed by atoms with Crippen molar-refractivity contribution in [2.45, 2.75) is 59.0 Å². The molecule has 0 saturated carbocycles. The maximum atomic E-state index is 6.13. The Hall–Kier alpha value is -1.35. The minimum absolute atomic E-state index is 0.305. The standard InChI is InChI=1S/C17H27N3/c1-4-12-20-16-10-6-5-9-15(16)19-17(20)11-7-8-14(18)13(2)3/h5-6,9-10,13-14H,4,7-8,11-12,18H2,1-3H3. The lowest BCUT2D eigenvalue weighted by molar-refractivity contribution is 0.448. The first-order valence-corrected chi connectivity index (χ1v) is 7.83. The maximum absolute atomic E-state index is 6.13. The average Bonchev–Trinajstić information content (AvgIpc) is 2.77. The summed E-state index contributed by atoms with van der Waals surface area (Å²) in [6.07, 6.45) is 4.35. The molecule has 0 aliphatic carbocycles. The highest BCUT2D eigenvalue weighted by Gasteiger charge is 2.11. The van der Waals surface area contributed by atoms with Gasteiger partial charge >= 0.3 is 0 Å². The Morgan fingerprint density at radius 3 is 2.70 bits per heavy atom. The number of hydrogen-bond acceptors (Lipinski definition) is 2. The number of hydrogen-bond donors (Lipinski definition) is 1. The normalized spacial score (nSPS) is 13.2. The van der Waals surface area contributed by atoms with Crippen LogP contribution >= 0.6 is 0 Å². The van der Waals surface area contributed by atoms with Gasteiger partial charge in [0.05, 0.1) is 11.0 Å². The number of aryl methyl sites for hydroxylation is 2. The number of nitrogens with zero attached hydrogens (tertiary/aromatic N) is 2. The molecule has 1 aromatic carbocycles. The first-order valence-electron chi connectivity index (χ1n) is 7.83. The number of benzene rings is 1. The van der Waals surface area contributed by atoms with Crippen LogP contribution in [-0.2, 0) is 13.0 Å². The third-order valence-corrected chi connectivity index (χ3v) is 3.97. The van der Waals surface area contributed by atoms with Crippen molar-refractivity contribution in [3.63, 3.8) is 0 Å². The van der Waals surface area contributed by atoms with Crippen molar-refractivity contribution in [3.8, 4) is 0 Å². The van der Waals surface area contributed by atoms with Crippen LogP contribution in [-0.4, -0.2) is 15.6 Å². The zero-order valence-electron chi connectivity index (χ0n) is 13.0. The largest absolute Gasteiger partial charge is 0.328 e. The van der Waals surface area contributed by atoms with Gasteiger partial charge in [0.25, 0.3) is 0 Å². The summed E-state index contributed by atoms with van der Waals surface area (Å²) in [6.45, 7) is 7.65. The minimum Gasteiger partial charge on any atom is -0.328 e. The minimum atomic E-state index is 0.305. The molecule has 3 nitrogen and oxygen atoms in total. The summed E-state index contributed by atoms with van der Waals surface area (Å²) in [5.74, 6) is 1.77. The van der Waals surface area contributed by atoms with Crippen LogP contribution < -0.4 is 5.73 Å². The van der Waals surface area contributed by atoms with E-state index < -0.39 is 0 Å². The molecule has 2 rings (SSSR count). The second-order valence-corrected chi connectivity index (χ2v) is 5.97. The Morgan fingerprint density at radius 2 is 2.00 bits per heavy atom. The van der Waals surface area contributed by atoms with Crippen molar-refractivity contribution in [2.75, 3.05) is 0 Å². The smallest absolute Gasteiger partial charge is 0.109 e. The lowest BCUT2D eigenvalue weighted by atomic mass is 9.99. The number of fused-ring (bicyclic) bond motifs is 1. The lowest BCUT2D eigenvalue weighted by Gasteiger charge is -2.15. The highest BCUT2D eigenvalue weighted by Crippen LogP contribution is 2.18. The third-order valence-electron chi connectivity index (χ3n) is 3.97. The van der Waals surface area contributed by atoms with Crippen LogP contribution in [0.4, 0.5) is 0 Å². The van der Waals surface area contributed by atoms with Crippen LogP contribution in [0.25, 0.3) is 11.0 Å². The summed E-state index contributed by atoms with van der Waals surface area (Å²) in [6, 6.07) is 8.73. The summed E-state index contributed by atoms with van der Waals surface area (Å²) < 4.78 is 2.37. The third kappa shape index (κ3) is 3.40. The topological polar surface area (TPSA) is 43.8 Å². The summed E-state index contributed by atoms with van der Waals surface area (Å²) >= 11 is 0. The van der Waals surface area contributed by atoms with Crippen LogP contribution in [0.5, 0.6) is 0 Å². The van der Waals surface area contributed by atoms with E-state index in [1.807, 2.05) is 0 Å². The molecule has 110 valence electrons. The molecule has 0 aliphatic heterocycles. The quantitative estimate of drug-likeness (QED) is 0.835. The molecule has 0 radical (unpaired) electrons. The molecule has 20 heavy (non-hydrogen) atoms. The van der Waals surface area contributed by atoms with Crippen LogP contribution in [0.2, 0.25) is 0 Å². The van der Waals surface area contributed by atoms with Crippen molar-refractivity contribution in [1.29, 1.82) is 0 Å². The SMILES string of the molecule is CCCn1c(CCCC(N)C(C)C)nc2ccccc21. The molecule has 1 aromatic heterocycles. The zero-order valence-corrected chi connectivity index (χ0v) is 13.0. The van der Waals surface area contributed by atoms with Gasteiger partial charge in [0.1, 0.15) is 5.82 Å². The molecule has 1 heterocycles. The second kappa shape index (κ2) is 6.89. The van der Waals surface area contributed by atoms with E-state index in [0.717, 1.165) is 37.7 Å². The molecular weight excluding hydrogens is 246 g/mol. The van der Waals surface area contributed by atoms with Gasteiger partial charge in [0, 0.05) is 19.0 Å². The Morgan fingerprint density at radius 1 is 1.25 bits per heavy atom. The average molecular weight is 273 g/mol. The molecule has 2 aromatic rings. The first kappa shape index (κ1) is 15.0. The summed E-state index contributed by atoms with van der Waals surface area (Å²) in [5, 5.41) is 0. The van der Waals surface area contributed by atoms with E-state index in [1.165, 1.54) is 11.3 Å². The van der Waals surface area contributed by atoms with Crippen LogP contribution in [0.3, 0.4) is 0 Å². The van der Waals surface area contributed by atoms with Crippen molar-refractivity contribution in [2.24, 2.45) is 11.7 Å². The van der Waals surface area contributed by atoms with E-state index in [-0.39, 0.29) is 0 Å². The van der Waals surface area contributed by atoms with Crippen LogP contribution in [0.15, 0.2) is 24.3 Å². The Balaban J connectivity index is 2.10. The number of rotatable bonds is 7.